The minimum atomic E-state index is -0.140. The van der Waals surface area contributed by atoms with E-state index < -0.39 is 0 Å². The van der Waals surface area contributed by atoms with E-state index in [4.69, 9.17) is 18.0 Å². The van der Waals surface area contributed by atoms with Gasteiger partial charge in [-0.1, -0.05) is 12.2 Å². The van der Waals surface area contributed by atoms with Gasteiger partial charge < -0.3 is 16.0 Å². The van der Waals surface area contributed by atoms with Crippen LogP contribution in [0.15, 0.2) is 17.1 Å². The topological polar surface area (TPSA) is 88.2 Å². The molecule has 1 fully saturated rings. The number of rotatable bonds is 2. The molecule has 7 heteroatoms. The van der Waals surface area contributed by atoms with Crippen LogP contribution in [0.5, 0.6) is 0 Å². The zero-order chi connectivity index (χ0) is 13.4. The molecule has 1 aliphatic rings. The Morgan fingerprint density at radius 3 is 2.89 bits per heavy atom. The van der Waals surface area contributed by atoms with Gasteiger partial charge in [0.2, 0.25) is 0 Å². The first-order chi connectivity index (χ1) is 9.16. The van der Waals surface area contributed by atoms with Crippen LogP contribution in [-0.4, -0.2) is 32.7 Å². The van der Waals surface area contributed by atoms with E-state index in [1.807, 2.05) is 0 Å². The molecule has 3 rings (SSSR count). The van der Waals surface area contributed by atoms with Crippen molar-refractivity contribution >= 4 is 22.9 Å². The fourth-order valence-corrected chi connectivity index (χ4v) is 2.75. The Hall–Kier alpha value is -1.73. The molecule has 19 heavy (non-hydrogen) atoms. The summed E-state index contributed by atoms with van der Waals surface area (Å²) in [5.41, 5.74) is 7.65. The summed E-state index contributed by atoms with van der Waals surface area (Å²) in [4.78, 5) is 14.8. The third kappa shape index (κ3) is 2.15. The monoisotopic (exact) mass is 277 g/mol. The lowest BCUT2D eigenvalue weighted by Crippen LogP contribution is -2.28. The fraction of sp³-hybridized carbons (Fsp3) is 0.417. The van der Waals surface area contributed by atoms with Crippen LogP contribution in [0, 0.1) is 0 Å². The highest BCUT2D eigenvalue weighted by atomic mass is 32.1. The van der Waals surface area contributed by atoms with Crippen molar-refractivity contribution < 1.29 is 0 Å². The molecule has 0 spiro atoms. The van der Waals surface area contributed by atoms with E-state index in [-0.39, 0.29) is 10.5 Å². The van der Waals surface area contributed by atoms with Gasteiger partial charge in [0, 0.05) is 12.0 Å². The van der Waals surface area contributed by atoms with Gasteiger partial charge in [-0.05, 0) is 25.9 Å². The Balaban J connectivity index is 2.18. The number of nitrogens with two attached hydrogens (primary N) is 1. The number of piperidine rings is 1. The number of hydrogen-bond donors (Lipinski definition) is 3. The molecular weight excluding hydrogens is 262 g/mol. The lowest BCUT2D eigenvalue weighted by Gasteiger charge is -2.23. The molecule has 0 saturated carbocycles. The van der Waals surface area contributed by atoms with E-state index in [0.717, 1.165) is 31.6 Å². The lowest BCUT2D eigenvalue weighted by atomic mass is 9.94. The summed E-state index contributed by atoms with van der Waals surface area (Å²) in [6.07, 6.45) is 3.61. The van der Waals surface area contributed by atoms with Crippen molar-refractivity contribution in [3.05, 3.63) is 33.9 Å². The molecule has 2 aromatic heterocycles. The number of nitrogens with one attached hydrogen (secondary N) is 2. The van der Waals surface area contributed by atoms with Gasteiger partial charge in [-0.2, -0.15) is 5.10 Å². The second-order valence-electron chi connectivity index (χ2n) is 4.77. The van der Waals surface area contributed by atoms with Crippen molar-refractivity contribution in [3.8, 4) is 0 Å². The zero-order valence-electron chi connectivity index (χ0n) is 10.3. The third-order valence-corrected chi connectivity index (χ3v) is 3.78. The standard InChI is InChI=1S/C12H15N5OS/c13-11(19)8-6-15-17-9(5-10(18)16-12(8)17)7-1-3-14-4-2-7/h5-7,14H,1-4H2,(H2,13,19)(H,16,18). The maximum atomic E-state index is 11.8. The van der Waals surface area contributed by atoms with Crippen molar-refractivity contribution in [2.24, 2.45) is 5.73 Å². The summed E-state index contributed by atoms with van der Waals surface area (Å²) in [5.74, 6) is 0.338. The molecule has 2 aromatic rings. The van der Waals surface area contributed by atoms with Gasteiger partial charge in [-0.25, -0.2) is 4.52 Å². The van der Waals surface area contributed by atoms with Gasteiger partial charge in [0.05, 0.1) is 17.5 Å². The minimum Gasteiger partial charge on any atom is -0.389 e. The fourth-order valence-electron chi connectivity index (χ4n) is 2.60. The van der Waals surface area contributed by atoms with Crippen LogP contribution < -0.4 is 16.6 Å². The molecule has 0 radical (unpaired) electrons. The molecule has 0 unspecified atom stereocenters. The summed E-state index contributed by atoms with van der Waals surface area (Å²) in [5, 5.41) is 7.63. The second kappa shape index (κ2) is 4.75. The first-order valence-electron chi connectivity index (χ1n) is 6.28. The summed E-state index contributed by atoms with van der Waals surface area (Å²) in [7, 11) is 0. The molecule has 0 aliphatic carbocycles. The second-order valence-corrected chi connectivity index (χ2v) is 5.21. The first kappa shape index (κ1) is 12.3. The molecule has 0 bridgehead atoms. The van der Waals surface area contributed by atoms with E-state index >= 15 is 0 Å². The third-order valence-electron chi connectivity index (χ3n) is 3.56. The highest BCUT2D eigenvalue weighted by Gasteiger charge is 2.20. The van der Waals surface area contributed by atoms with Crippen LogP contribution in [0.3, 0.4) is 0 Å². The zero-order valence-corrected chi connectivity index (χ0v) is 11.2. The van der Waals surface area contributed by atoms with E-state index in [0.29, 0.717) is 17.1 Å². The predicted molar refractivity (Wildman–Crippen MR) is 76.5 cm³/mol. The number of H-pyrrole nitrogens is 1. The van der Waals surface area contributed by atoms with Gasteiger partial charge >= 0.3 is 0 Å². The number of nitrogens with zero attached hydrogens (tertiary/aromatic N) is 2. The van der Waals surface area contributed by atoms with Crippen molar-refractivity contribution in [1.82, 2.24) is 19.9 Å². The lowest BCUT2D eigenvalue weighted by molar-refractivity contribution is 0.446. The van der Waals surface area contributed by atoms with Gasteiger partial charge in [0.15, 0.2) is 0 Å². The first-order valence-corrected chi connectivity index (χ1v) is 6.69. The van der Waals surface area contributed by atoms with Crippen LogP contribution in [-0.2, 0) is 0 Å². The number of fused-ring (bicyclic) bond motifs is 1. The summed E-state index contributed by atoms with van der Waals surface area (Å²) in [6, 6.07) is 1.62. The summed E-state index contributed by atoms with van der Waals surface area (Å²) >= 11 is 4.98. The van der Waals surface area contributed by atoms with E-state index in [2.05, 4.69) is 15.4 Å². The normalized spacial score (nSPS) is 16.8. The Kier molecular flexibility index (Phi) is 3.08. The van der Waals surface area contributed by atoms with Crippen LogP contribution in [0.1, 0.15) is 30.0 Å². The summed E-state index contributed by atoms with van der Waals surface area (Å²) < 4.78 is 1.76. The number of thiocarbonyl (C=S) groups is 1. The number of hydrogen-bond acceptors (Lipinski definition) is 4. The summed E-state index contributed by atoms with van der Waals surface area (Å²) in [6.45, 7) is 1.92. The van der Waals surface area contributed by atoms with E-state index in [1.54, 1.807) is 16.8 Å². The molecule has 100 valence electrons. The van der Waals surface area contributed by atoms with Gasteiger partial charge in [-0.3, -0.25) is 4.79 Å². The van der Waals surface area contributed by atoms with Crippen LogP contribution in [0.4, 0.5) is 0 Å². The van der Waals surface area contributed by atoms with Crippen molar-refractivity contribution in [1.29, 1.82) is 0 Å². The number of aromatic amines is 1. The maximum Gasteiger partial charge on any atom is 0.251 e. The Morgan fingerprint density at radius 1 is 1.47 bits per heavy atom. The van der Waals surface area contributed by atoms with Gasteiger partial charge in [-0.15, -0.1) is 0 Å². The molecule has 3 heterocycles. The number of aromatic nitrogens is 3. The highest BCUT2D eigenvalue weighted by molar-refractivity contribution is 7.80. The molecule has 4 N–H and O–H groups in total. The molecule has 0 atom stereocenters. The molecule has 1 saturated heterocycles. The highest BCUT2D eigenvalue weighted by Crippen LogP contribution is 2.24. The smallest absolute Gasteiger partial charge is 0.251 e. The van der Waals surface area contributed by atoms with Gasteiger partial charge in [0.25, 0.3) is 5.56 Å². The largest absolute Gasteiger partial charge is 0.389 e. The quantitative estimate of drug-likeness (QED) is 0.679. The minimum absolute atomic E-state index is 0.140. The maximum absolute atomic E-state index is 11.8. The molecule has 6 nitrogen and oxygen atoms in total. The Bertz CT molecular complexity index is 683. The average molecular weight is 277 g/mol. The Morgan fingerprint density at radius 2 is 2.21 bits per heavy atom. The molecule has 0 aromatic carbocycles. The molecule has 0 amide bonds. The van der Waals surface area contributed by atoms with Crippen LogP contribution >= 0.6 is 12.2 Å². The van der Waals surface area contributed by atoms with Crippen LogP contribution in [0.25, 0.3) is 5.65 Å². The van der Waals surface area contributed by atoms with Crippen LogP contribution in [0.2, 0.25) is 0 Å². The SMILES string of the molecule is NC(=S)c1cnn2c(C3CCNCC3)cc(=O)[nH]c12. The van der Waals surface area contributed by atoms with Gasteiger partial charge in [0.1, 0.15) is 10.6 Å². The van der Waals surface area contributed by atoms with Crippen molar-refractivity contribution in [2.75, 3.05) is 13.1 Å². The predicted octanol–water partition coefficient (Wildman–Crippen LogP) is 0.124. The molecular formula is C12H15N5OS. The van der Waals surface area contributed by atoms with Crippen molar-refractivity contribution in [2.45, 2.75) is 18.8 Å². The van der Waals surface area contributed by atoms with E-state index in [9.17, 15) is 4.79 Å². The average Bonchev–Trinajstić information content (AvgIpc) is 2.82. The Labute approximate surface area is 115 Å². The van der Waals surface area contributed by atoms with Crippen molar-refractivity contribution in [3.63, 3.8) is 0 Å². The molecule has 1 aliphatic heterocycles. The van der Waals surface area contributed by atoms with E-state index in [1.165, 1.54) is 0 Å².